The number of fused-ring (bicyclic) bond motifs is 1. The van der Waals surface area contributed by atoms with Crippen molar-refractivity contribution < 1.29 is 0 Å². The van der Waals surface area contributed by atoms with Crippen molar-refractivity contribution in [2.24, 2.45) is 5.73 Å². The Hall–Kier alpha value is -2.89. The van der Waals surface area contributed by atoms with Gasteiger partial charge in [0.15, 0.2) is 0 Å². The maximum absolute atomic E-state index is 6.24. The Bertz CT molecular complexity index is 1040. The normalized spacial score (nSPS) is 12.2. The van der Waals surface area contributed by atoms with Crippen molar-refractivity contribution in [3.63, 3.8) is 0 Å². The fourth-order valence-electron chi connectivity index (χ4n) is 3.01. The van der Waals surface area contributed by atoms with Crippen molar-refractivity contribution in [2.75, 3.05) is 11.9 Å². The minimum atomic E-state index is 0.00249. The Morgan fingerprint density at radius 1 is 1.04 bits per heavy atom. The minimum absolute atomic E-state index is 0.00249. The van der Waals surface area contributed by atoms with Gasteiger partial charge in [0, 0.05) is 35.4 Å². The van der Waals surface area contributed by atoms with Gasteiger partial charge in [-0.1, -0.05) is 29.8 Å². The fourth-order valence-corrected chi connectivity index (χ4v) is 3.14. The van der Waals surface area contributed by atoms with Crippen LogP contribution in [0.1, 0.15) is 5.56 Å². The molecule has 0 fully saturated rings. The molecule has 27 heavy (non-hydrogen) atoms. The smallest absolute Gasteiger partial charge is 0.0731 e. The van der Waals surface area contributed by atoms with E-state index in [1.807, 2.05) is 59.7 Å². The lowest BCUT2D eigenvalue weighted by Gasteiger charge is -2.12. The number of hydrogen-bond donors (Lipinski definition) is 2. The van der Waals surface area contributed by atoms with Crippen molar-refractivity contribution >= 4 is 28.1 Å². The first-order valence-electron chi connectivity index (χ1n) is 8.80. The largest absolute Gasteiger partial charge is 0.381 e. The van der Waals surface area contributed by atoms with E-state index in [4.69, 9.17) is 17.3 Å². The third-order valence-electron chi connectivity index (χ3n) is 4.45. The Morgan fingerprint density at radius 3 is 2.74 bits per heavy atom. The summed E-state index contributed by atoms with van der Waals surface area (Å²) < 4.78 is 1.85. The average molecular weight is 378 g/mol. The lowest BCUT2D eigenvalue weighted by atomic mass is 10.1. The quantitative estimate of drug-likeness (QED) is 0.531. The molecule has 2 heterocycles. The summed E-state index contributed by atoms with van der Waals surface area (Å²) in [5.74, 6) is 0. The second kappa shape index (κ2) is 7.78. The molecule has 0 radical (unpaired) electrons. The van der Waals surface area contributed by atoms with Gasteiger partial charge in [0.05, 0.1) is 23.8 Å². The number of anilines is 1. The number of halogens is 1. The summed E-state index contributed by atoms with van der Waals surface area (Å²) in [5.41, 5.74) is 9.37. The molecule has 0 spiro atoms. The molecule has 0 amide bonds. The van der Waals surface area contributed by atoms with Gasteiger partial charge in [-0.3, -0.25) is 4.98 Å². The molecule has 4 rings (SSSR count). The molecule has 5 nitrogen and oxygen atoms in total. The maximum atomic E-state index is 6.24. The SMILES string of the molecule is NC(CNc1cnn(-c2ccc3cnccc3c2)c1)Cc1ccc(Cl)cc1. The van der Waals surface area contributed by atoms with Gasteiger partial charge < -0.3 is 11.1 Å². The van der Waals surface area contributed by atoms with Crippen LogP contribution in [-0.2, 0) is 6.42 Å². The van der Waals surface area contributed by atoms with Crippen LogP contribution in [0.15, 0.2) is 73.3 Å². The Morgan fingerprint density at radius 2 is 1.89 bits per heavy atom. The van der Waals surface area contributed by atoms with Gasteiger partial charge in [0.25, 0.3) is 0 Å². The molecule has 2 aromatic carbocycles. The van der Waals surface area contributed by atoms with Crippen LogP contribution in [0.25, 0.3) is 16.5 Å². The third kappa shape index (κ3) is 4.27. The van der Waals surface area contributed by atoms with Gasteiger partial charge in [-0.15, -0.1) is 0 Å². The number of nitrogens with two attached hydrogens (primary N) is 1. The number of aromatic nitrogens is 3. The summed E-state index contributed by atoms with van der Waals surface area (Å²) in [7, 11) is 0. The molecule has 0 saturated carbocycles. The highest BCUT2D eigenvalue weighted by atomic mass is 35.5. The number of nitrogens with zero attached hydrogens (tertiary/aromatic N) is 3. The monoisotopic (exact) mass is 377 g/mol. The first kappa shape index (κ1) is 17.5. The first-order valence-corrected chi connectivity index (χ1v) is 9.18. The first-order chi connectivity index (χ1) is 13.2. The molecule has 3 N–H and O–H groups in total. The van der Waals surface area contributed by atoms with Gasteiger partial charge >= 0.3 is 0 Å². The zero-order valence-corrected chi connectivity index (χ0v) is 15.5. The Kier molecular flexibility index (Phi) is 5.05. The lowest BCUT2D eigenvalue weighted by molar-refractivity contribution is 0.699. The van der Waals surface area contributed by atoms with Gasteiger partial charge in [-0.2, -0.15) is 5.10 Å². The van der Waals surface area contributed by atoms with Crippen LogP contribution in [0.2, 0.25) is 5.02 Å². The van der Waals surface area contributed by atoms with Crippen LogP contribution in [0.5, 0.6) is 0 Å². The molecule has 0 saturated heterocycles. The fraction of sp³-hybridized carbons (Fsp3) is 0.143. The number of nitrogens with one attached hydrogen (secondary N) is 1. The van der Waals surface area contributed by atoms with Gasteiger partial charge in [0.2, 0.25) is 0 Å². The van der Waals surface area contributed by atoms with E-state index in [0.29, 0.717) is 6.54 Å². The molecular weight excluding hydrogens is 358 g/mol. The van der Waals surface area contributed by atoms with E-state index in [9.17, 15) is 0 Å². The topological polar surface area (TPSA) is 68.8 Å². The third-order valence-corrected chi connectivity index (χ3v) is 4.70. The molecule has 0 bridgehead atoms. The molecule has 136 valence electrons. The molecular formula is C21H20ClN5. The van der Waals surface area contributed by atoms with E-state index in [1.165, 1.54) is 5.56 Å². The second-order valence-corrected chi connectivity index (χ2v) is 6.99. The summed E-state index contributed by atoms with van der Waals surface area (Å²) in [4.78, 5) is 4.14. The zero-order chi connectivity index (χ0) is 18.6. The number of hydrogen-bond acceptors (Lipinski definition) is 4. The molecule has 1 atom stereocenters. The number of pyridine rings is 1. The predicted molar refractivity (Wildman–Crippen MR) is 110 cm³/mol. The number of benzene rings is 2. The lowest BCUT2D eigenvalue weighted by Crippen LogP contribution is -2.31. The summed E-state index contributed by atoms with van der Waals surface area (Å²) >= 11 is 5.92. The molecule has 6 heteroatoms. The van der Waals surface area contributed by atoms with Crippen LogP contribution < -0.4 is 11.1 Å². The van der Waals surface area contributed by atoms with Crippen molar-refractivity contribution in [3.05, 3.63) is 83.9 Å². The highest BCUT2D eigenvalue weighted by Gasteiger charge is 2.06. The van der Waals surface area contributed by atoms with E-state index in [2.05, 4.69) is 27.5 Å². The van der Waals surface area contributed by atoms with Gasteiger partial charge in [-0.25, -0.2) is 4.68 Å². The minimum Gasteiger partial charge on any atom is -0.381 e. The van der Waals surface area contributed by atoms with Crippen LogP contribution >= 0.6 is 11.6 Å². The van der Waals surface area contributed by atoms with E-state index in [0.717, 1.165) is 33.6 Å². The van der Waals surface area contributed by atoms with Crippen LogP contribution in [0.3, 0.4) is 0 Å². The average Bonchev–Trinajstić information content (AvgIpc) is 3.17. The molecule has 0 aliphatic heterocycles. The van der Waals surface area contributed by atoms with E-state index >= 15 is 0 Å². The number of rotatable bonds is 6. The highest BCUT2D eigenvalue weighted by molar-refractivity contribution is 6.30. The summed E-state index contributed by atoms with van der Waals surface area (Å²) in [5, 5.41) is 10.8. The van der Waals surface area contributed by atoms with E-state index in [-0.39, 0.29) is 6.04 Å². The Balaban J connectivity index is 1.39. The van der Waals surface area contributed by atoms with Crippen molar-refractivity contribution in [3.8, 4) is 5.69 Å². The van der Waals surface area contributed by atoms with Crippen molar-refractivity contribution in [2.45, 2.75) is 12.5 Å². The van der Waals surface area contributed by atoms with Crippen LogP contribution in [0, 0.1) is 0 Å². The van der Waals surface area contributed by atoms with E-state index in [1.54, 1.807) is 6.20 Å². The van der Waals surface area contributed by atoms with E-state index < -0.39 is 0 Å². The Labute approximate surface area is 162 Å². The second-order valence-electron chi connectivity index (χ2n) is 6.55. The molecule has 2 aromatic heterocycles. The standard InChI is InChI=1S/C21H20ClN5/c22-18-4-1-15(2-5-18)9-19(23)12-25-20-13-26-27(14-20)21-6-3-17-11-24-8-7-16(17)10-21/h1-8,10-11,13-14,19,25H,9,12,23H2. The van der Waals surface area contributed by atoms with Crippen LogP contribution in [0.4, 0.5) is 5.69 Å². The molecule has 4 aromatic rings. The summed E-state index contributed by atoms with van der Waals surface area (Å²) in [6, 6.07) is 16.0. The van der Waals surface area contributed by atoms with Crippen molar-refractivity contribution in [1.29, 1.82) is 0 Å². The summed E-state index contributed by atoms with van der Waals surface area (Å²) in [6.07, 6.45) is 8.22. The van der Waals surface area contributed by atoms with Crippen LogP contribution in [-0.4, -0.2) is 27.4 Å². The van der Waals surface area contributed by atoms with Gasteiger partial charge in [-0.05, 0) is 47.7 Å². The van der Waals surface area contributed by atoms with Crippen molar-refractivity contribution in [1.82, 2.24) is 14.8 Å². The molecule has 0 aliphatic carbocycles. The molecule has 0 aliphatic rings. The predicted octanol–water partition coefficient (Wildman–Crippen LogP) is 4.06. The molecule has 1 unspecified atom stereocenters. The highest BCUT2D eigenvalue weighted by Crippen LogP contribution is 2.18. The van der Waals surface area contributed by atoms with Gasteiger partial charge in [0.1, 0.15) is 0 Å². The summed E-state index contributed by atoms with van der Waals surface area (Å²) in [6.45, 7) is 0.664. The maximum Gasteiger partial charge on any atom is 0.0731 e. The zero-order valence-electron chi connectivity index (χ0n) is 14.7.